The summed E-state index contributed by atoms with van der Waals surface area (Å²) in [5, 5.41) is 4.89. The van der Waals surface area contributed by atoms with Gasteiger partial charge in [0.1, 0.15) is 5.82 Å². The molecule has 4 heterocycles. The number of pyridine rings is 2. The van der Waals surface area contributed by atoms with Crippen LogP contribution in [-0.2, 0) is 0 Å². The standard InChI is InChI=1S/C22H25ClN6S/c1-27(2)12-6-14-29-21(20(26-22(29)30)17-7-3-4-11-24-17)18-8-5-13-28(18)19-10-9-16(23)15-25-19/h3-5,7-11,13,15,20-21H,6,12,14H2,1-2H3,(H,26,30)/t20-,21+/m0/s1. The van der Waals surface area contributed by atoms with Crippen molar-refractivity contribution in [2.24, 2.45) is 0 Å². The lowest BCUT2D eigenvalue weighted by Crippen LogP contribution is -2.33. The third-order valence-electron chi connectivity index (χ3n) is 5.24. The third kappa shape index (κ3) is 4.33. The lowest BCUT2D eigenvalue weighted by atomic mass is 10.0. The predicted molar refractivity (Wildman–Crippen MR) is 124 cm³/mol. The van der Waals surface area contributed by atoms with E-state index in [1.807, 2.05) is 48.8 Å². The molecule has 0 radical (unpaired) electrons. The second-order valence-corrected chi connectivity index (χ2v) is 8.44. The van der Waals surface area contributed by atoms with Crippen molar-refractivity contribution < 1.29 is 0 Å². The Balaban J connectivity index is 1.73. The molecule has 3 aromatic heterocycles. The summed E-state index contributed by atoms with van der Waals surface area (Å²) in [6.45, 7) is 1.86. The van der Waals surface area contributed by atoms with Gasteiger partial charge in [0.15, 0.2) is 5.11 Å². The van der Waals surface area contributed by atoms with Crippen LogP contribution in [0.2, 0.25) is 5.02 Å². The smallest absolute Gasteiger partial charge is 0.170 e. The van der Waals surface area contributed by atoms with Gasteiger partial charge in [0, 0.05) is 30.8 Å². The monoisotopic (exact) mass is 440 g/mol. The van der Waals surface area contributed by atoms with Crippen molar-refractivity contribution in [3.63, 3.8) is 0 Å². The van der Waals surface area contributed by atoms with E-state index in [1.165, 1.54) is 0 Å². The Labute approximate surface area is 187 Å². The maximum absolute atomic E-state index is 6.05. The van der Waals surface area contributed by atoms with Crippen molar-refractivity contribution in [3.05, 3.63) is 77.5 Å². The zero-order valence-electron chi connectivity index (χ0n) is 17.1. The highest BCUT2D eigenvalue weighted by molar-refractivity contribution is 7.80. The highest BCUT2D eigenvalue weighted by Gasteiger charge is 2.41. The first-order valence-corrected chi connectivity index (χ1v) is 10.7. The van der Waals surface area contributed by atoms with Gasteiger partial charge in [-0.1, -0.05) is 17.7 Å². The molecule has 3 aromatic rings. The minimum atomic E-state index is -0.0426. The largest absolute Gasteiger partial charge is 0.352 e. The summed E-state index contributed by atoms with van der Waals surface area (Å²) >= 11 is 11.8. The van der Waals surface area contributed by atoms with Gasteiger partial charge in [-0.15, -0.1) is 0 Å². The summed E-state index contributed by atoms with van der Waals surface area (Å²) in [5.41, 5.74) is 2.08. The van der Waals surface area contributed by atoms with Crippen LogP contribution in [0.25, 0.3) is 5.82 Å². The van der Waals surface area contributed by atoms with Gasteiger partial charge in [-0.05, 0) is 75.7 Å². The molecule has 1 N–H and O–H groups in total. The molecule has 0 saturated carbocycles. The van der Waals surface area contributed by atoms with Crippen LogP contribution in [0.1, 0.15) is 29.9 Å². The van der Waals surface area contributed by atoms with E-state index in [-0.39, 0.29) is 12.1 Å². The van der Waals surface area contributed by atoms with Crippen LogP contribution in [-0.4, -0.2) is 56.6 Å². The molecule has 0 amide bonds. The van der Waals surface area contributed by atoms with Gasteiger partial charge in [-0.25, -0.2) is 4.98 Å². The molecular weight excluding hydrogens is 416 g/mol. The number of thiocarbonyl (C=S) groups is 1. The molecule has 1 fully saturated rings. The number of halogens is 1. The molecule has 0 spiro atoms. The van der Waals surface area contributed by atoms with Crippen LogP contribution in [0, 0.1) is 0 Å². The normalized spacial score (nSPS) is 18.8. The van der Waals surface area contributed by atoms with Crippen LogP contribution in [0.3, 0.4) is 0 Å². The van der Waals surface area contributed by atoms with Gasteiger partial charge in [0.25, 0.3) is 0 Å². The SMILES string of the molecule is CN(C)CCCN1C(=S)N[C@@H](c2ccccn2)[C@H]1c1cccn1-c1ccc(Cl)cn1. The van der Waals surface area contributed by atoms with Crippen LogP contribution in [0.4, 0.5) is 0 Å². The van der Waals surface area contributed by atoms with Gasteiger partial charge in [-0.3, -0.25) is 4.98 Å². The molecular formula is C22H25ClN6S. The van der Waals surface area contributed by atoms with E-state index in [9.17, 15) is 0 Å². The summed E-state index contributed by atoms with van der Waals surface area (Å²) < 4.78 is 2.10. The van der Waals surface area contributed by atoms with Gasteiger partial charge in [-0.2, -0.15) is 0 Å². The van der Waals surface area contributed by atoms with Crippen molar-refractivity contribution in [2.75, 3.05) is 27.2 Å². The number of rotatable bonds is 7. The molecule has 4 rings (SSSR count). The van der Waals surface area contributed by atoms with E-state index in [1.54, 1.807) is 6.20 Å². The van der Waals surface area contributed by atoms with Gasteiger partial charge >= 0.3 is 0 Å². The number of nitrogens with one attached hydrogen (secondary N) is 1. The van der Waals surface area contributed by atoms with Crippen molar-refractivity contribution in [1.29, 1.82) is 0 Å². The second-order valence-electron chi connectivity index (χ2n) is 7.61. The van der Waals surface area contributed by atoms with Crippen molar-refractivity contribution in [2.45, 2.75) is 18.5 Å². The first kappa shape index (κ1) is 20.8. The molecule has 1 aliphatic heterocycles. The number of hydrogen-bond acceptors (Lipinski definition) is 4. The second kappa shape index (κ2) is 9.12. The Morgan fingerprint density at radius 3 is 2.70 bits per heavy atom. The molecule has 0 aromatic carbocycles. The van der Waals surface area contributed by atoms with Crippen molar-refractivity contribution in [1.82, 2.24) is 29.7 Å². The average Bonchev–Trinajstić information content (AvgIpc) is 3.34. The number of hydrogen-bond donors (Lipinski definition) is 1. The Bertz CT molecular complexity index is 988. The Kier molecular flexibility index (Phi) is 6.32. The fourth-order valence-corrected chi connectivity index (χ4v) is 4.32. The average molecular weight is 441 g/mol. The van der Waals surface area contributed by atoms with Gasteiger partial charge in [0.05, 0.1) is 22.8 Å². The third-order valence-corrected chi connectivity index (χ3v) is 5.82. The predicted octanol–water partition coefficient (Wildman–Crippen LogP) is 3.84. The molecule has 156 valence electrons. The summed E-state index contributed by atoms with van der Waals surface area (Å²) in [4.78, 5) is 13.6. The molecule has 0 unspecified atom stereocenters. The first-order valence-electron chi connectivity index (χ1n) is 9.96. The minimum Gasteiger partial charge on any atom is -0.352 e. The van der Waals surface area contributed by atoms with E-state index in [4.69, 9.17) is 23.8 Å². The lowest BCUT2D eigenvalue weighted by molar-refractivity contribution is 0.286. The summed E-state index contributed by atoms with van der Waals surface area (Å²) in [5.74, 6) is 0.824. The number of aromatic nitrogens is 3. The van der Waals surface area contributed by atoms with Crippen molar-refractivity contribution >= 4 is 28.9 Å². The Morgan fingerprint density at radius 1 is 1.13 bits per heavy atom. The van der Waals surface area contributed by atoms with Crippen LogP contribution in [0.5, 0.6) is 0 Å². The quantitative estimate of drug-likeness (QED) is 0.563. The van der Waals surface area contributed by atoms with Crippen LogP contribution in [0.15, 0.2) is 61.1 Å². The van der Waals surface area contributed by atoms with Crippen LogP contribution < -0.4 is 5.32 Å². The maximum atomic E-state index is 6.05. The van der Waals surface area contributed by atoms with E-state index in [0.29, 0.717) is 5.02 Å². The van der Waals surface area contributed by atoms with E-state index >= 15 is 0 Å². The lowest BCUT2D eigenvalue weighted by Gasteiger charge is -2.29. The Hall–Kier alpha value is -2.48. The van der Waals surface area contributed by atoms with Crippen molar-refractivity contribution in [3.8, 4) is 5.82 Å². The number of nitrogens with zero attached hydrogens (tertiary/aromatic N) is 5. The molecule has 6 nitrogen and oxygen atoms in total. The van der Waals surface area contributed by atoms with Gasteiger partial charge in [0.2, 0.25) is 0 Å². The summed E-state index contributed by atoms with van der Waals surface area (Å²) in [6, 6.07) is 13.9. The Morgan fingerprint density at radius 2 is 2.00 bits per heavy atom. The molecule has 8 heteroatoms. The minimum absolute atomic E-state index is 0.00189. The van der Waals surface area contributed by atoms with E-state index in [0.717, 1.165) is 41.8 Å². The fraction of sp³-hybridized carbons (Fsp3) is 0.318. The highest BCUT2D eigenvalue weighted by atomic mass is 35.5. The highest BCUT2D eigenvalue weighted by Crippen LogP contribution is 2.39. The summed E-state index contributed by atoms with van der Waals surface area (Å²) in [6.07, 6.45) is 6.54. The molecule has 2 atom stereocenters. The maximum Gasteiger partial charge on any atom is 0.170 e. The summed E-state index contributed by atoms with van der Waals surface area (Å²) in [7, 11) is 4.18. The van der Waals surface area contributed by atoms with E-state index in [2.05, 4.69) is 49.8 Å². The first-order chi connectivity index (χ1) is 14.5. The van der Waals surface area contributed by atoms with E-state index < -0.39 is 0 Å². The molecule has 1 aliphatic rings. The molecule has 30 heavy (non-hydrogen) atoms. The zero-order chi connectivity index (χ0) is 21.1. The fourth-order valence-electron chi connectivity index (χ4n) is 3.88. The van der Waals surface area contributed by atoms with Crippen LogP contribution >= 0.6 is 23.8 Å². The van der Waals surface area contributed by atoms with Gasteiger partial charge < -0.3 is 19.7 Å². The topological polar surface area (TPSA) is 49.2 Å². The molecule has 1 saturated heterocycles. The molecule has 0 bridgehead atoms. The molecule has 0 aliphatic carbocycles. The zero-order valence-corrected chi connectivity index (χ0v) is 18.6.